The molecule has 9 heteroatoms. The summed E-state index contributed by atoms with van der Waals surface area (Å²) in [5, 5.41) is 16.3. The fourth-order valence-corrected chi connectivity index (χ4v) is 5.45. The molecule has 27 heavy (non-hydrogen) atoms. The van der Waals surface area contributed by atoms with Crippen molar-refractivity contribution >= 4 is 17.7 Å². The number of rotatable bonds is 6. The van der Waals surface area contributed by atoms with Crippen LogP contribution in [0.3, 0.4) is 0 Å². The Bertz CT molecular complexity index is 845. The molecule has 2 aromatic rings. The summed E-state index contributed by atoms with van der Waals surface area (Å²) < 4.78 is 3.04. The van der Waals surface area contributed by atoms with Gasteiger partial charge in [0.2, 0.25) is 11.1 Å². The third kappa shape index (κ3) is 3.56. The van der Waals surface area contributed by atoms with Gasteiger partial charge in [-0.05, 0) is 63.9 Å². The lowest BCUT2D eigenvalue weighted by Gasteiger charge is -2.28. The minimum atomic E-state index is 0.0194. The largest absolute Gasteiger partial charge is 0.353 e. The second kappa shape index (κ2) is 7.18. The molecule has 4 atom stereocenters. The molecule has 1 amide bonds. The number of nitrogen functional groups attached to an aromatic ring is 1. The van der Waals surface area contributed by atoms with Crippen LogP contribution in [-0.2, 0) is 4.79 Å². The van der Waals surface area contributed by atoms with Gasteiger partial charge >= 0.3 is 0 Å². The van der Waals surface area contributed by atoms with Crippen LogP contribution in [-0.4, -0.2) is 42.4 Å². The van der Waals surface area contributed by atoms with Gasteiger partial charge in [-0.3, -0.25) is 4.79 Å². The van der Waals surface area contributed by atoms with E-state index in [0.29, 0.717) is 17.0 Å². The molecule has 0 aliphatic heterocycles. The van der Waals surface area contributed by atoms with Crippen molar-refractivity contribution in [1.29, 1.82) is 0 Å². The van der Waals surface area contributed by atoms with Crippen molar-refractivity contribution in [2.75, 3.05) is 11.6 Å². The third-order valence-corrected chi connectivity index (χ3v) is 6.94. The molecule has 4 unspecified atom stereocenters. The first-order chi connectivity index (χ1) is 12.9. The topological polar surface area (TPSA) is 104 Å². The minimum Gasteiger partial charge on any atom is -0.353 e. The second-order valence-corrected chi connectivity index (χ2v) is 8.92. The molecule has 2 aromatic heterocycles. The van der Waals surface area contributed by atoms with Gasteiger partial charge in [0.05, 0.1) is 11.4 Å². The van der Waals surface area contributed by atoms with Gasteiger partial charge in [-0.2, -0.15) is 5.10 Å². The summed E-state index contributed by atoms with van der Waals surface area (Å²) in [6.45, 7) is 5.99. The highest BCUT2D eigenvalue weighted by molar-refractivity contribution is 7.99. The van der Waals surface area contributed by atoms with Crippen LogP contribution in [0.1, 0.15) is 44.0 Å². The quantitative estimate of drug-likeness (QED) is 0.577. The maximum Gasteiger partial charge on any atom is 0.271 e. The molecule has 0 aromatic carbocycles. The predicted molar refractivity (Wildman–Crippen MR) is 104 cm³/mol. The van der Waals surface area contributed by atoms with E-state index < -0.39 is 0 Å². The first-order valence-electron chi connectivity index (χ1n) is 9.58. The van der Waals surface area contributed by atoms with Crippen molar-refractivity contribution in [2.24, 2.45) is 17.8 Å². The highest BCUT2D eigenvalue weighted by Crippen LogP contribution is 2.49. The number of nitrogens with one attached hydrogen (secondary N) is 1. The fourth-order valence-electron chi connectivity index (χ4n) is 4.78. The minimum absolute atomic E-state index is 0.0194. The maximum atomic E-state index is 12.4. The molecule has 2 fully saturated rings. The van der Waals surface area contributed by atoms with Gasteiger partial charge in [0.25, 0.3) is 5.95 Å². The smallest absolute Gasteiger partial charge is 0.271 e. The fraction of sp³-hybridized carbons (Fsp3) is 0.667. The lowest BCUT2D eigenvalue weighted by molar-refractivity contribution is -0.119. The van der Waals surface area contributed by atoms with E-state index in [-0.39, 0.29) is 17.7 Å². The zero-order valence-electron chi connectivity index (χ0n) is 16.1. The Morgan fingerprint density at radius 3 is 2.81 bits per heavy atom. The number of hydrogen-bond donors (Lipinski definition) is 2. The van der Waals surface area contributed by atoms with E-state index in [1.165, 1.54) is 42.1 Å². The summed E-state index contributed by atoms with van der Waals surface area (Å²) in [5.74, 6) is 9.18. The number of carbonyl (C=O) groups is 1. The van der Waals surface area contributed by atoms with Gasteiger partial charge in [0, 0.05) is 11.7 Å². The predicted octanol–water partition coefficient (Wildman–Crippen LogP) is 1.83. The van der Waals surface area contributed by atoms with Gasteiger partial charge in [-0.25, -0.2) is 9.36 Å². The molecular weight excluding hydrogens is 362 g/mol. The van der Waals surface area contributed by atoms with E-state index >= 15 is 0 Å². The normalized spacial score (nSPS) is 25.1. The number of aryl methyl sites for hydroxylation is 2. The molecule has 2 aliphatic carbocycles. The Balaban J connectivity index is 1.33. The van der Waals surface area contributed by atoms with Crippen LogP contribution in [0.2, 0.25) is 0 Å². The van der Waals surface area contributed by atoms with Crippen molar-refractivity contribution in [3.63, 3.8) is 0 Å². The first kappa shape index (κ1) is 18.3. The molecule has 0 saturated heterocycles. The number of hydrogen-bond acceptors (Lipinski definition) is 6. The Morgan fingerprint density at radius 1 is 1.37 bits per heavy atom. The van der Waals surface area contributed by atoms with Crippen LogP contribution in [0, 0.1) is 31.6 Å². The van der Waals surface area contributed by atoms with E-state index in [1.54, 1.807) is 4.68 Å². The van der Waals surface area contributed by atoms with Crippen molar-refractivity contribution in [2.45, 2.75) is 57.7 Å². The molecule has 0 spiro atoms. The number of nitrogens with two attached hydrogens (primary N) is 1. The number of fused-ring (bicyclic) bond motifs is 2. The summed E-state index contributed by atoms with van der Waals surface area (Å²) in [6.07, 6.45) is 5.32. The Labute approximate surface area is 163 Å². The number of aromatic nitrogens is 5. The van der Waals surface area contributed by atoms with Gasteiger partial charge in [-0.15, -0.1) is 10.2 Å². The summed E-state index contributed by atoms with van der Waals surface area (Å²) in [5.41, 5.74) is 1.82. The van der Waals surface area contributed by atoms with Crippen LogP contribution >= 0.6 is 11.8 Å². The molecule has 3 N–H and O–H groups in total. The summed E-state index contributed by atoms with van der Waals surface area (Å²) in [6, 6.07) is 2.18. The Kier molecular flexibility index (Phi) is 4.88. The SMILES string of the molecule is Cc1cc(C)n(-c2nnc(SCC(=O)NC(C)C3CC4CCC3C4)n2N)n1. The monoisotopic (exact) mass is 389 g/mol. The summed E-state index contributed by atoms with van der Waals surface area (Å²) >= 11 is 1.29. The second-order valence-electron chi connectivity index (χ2n) is 7.98. The van der Waals surface area contributed by atoms with Gasteiger partial charge in [0.15, 0.2) is 0 Å². The van der Waals surface area contributed by atoms with Crippen molar-refractivity contribution in [3.8, 4) is 5.95 Å². The van der Waals surface area contributed by atoms with E-state index in [2.05, 4.69) is 27.5 Å². The highest BCUT2D eigenvalue weighted by atomic mass is 32.2. The van der Waals surface area contributed by atoms with Crippen molar-refractivity contribution in [1.82, 2.24) is 30.0 Å². The zero-order valence-corrected chi connectivity index (χ0v) is 16.9. The van der Waals surface area contributed by atoms with E-state index in [9.17, 15) is 4.79 Å². The standard InChI is InChI=1S/C18H27N7OS/c1-10-6-11(2)25(23-10)17-21-22-18(24(17)19)27-9-16(26)20-12(3)15-8-13-4-5-14(15)7-13/h6,12-15H,4-5,7-9,19H2,1-3H3,(H,20,26). The molecule has 146 valence electrons. The average Bonchev–Trinajstić information content (AvgIpc) is 3.38. The molecular formula is C18H27N7OS. The molecule has 2 saturated carbocycles. The average molecular weight is 390 g/mol. The Hall–Kier alpha value is -2.03. The summed E-state index contributed by atoms with van der Waals surface area (Å²) in [7, 11) is 0. The maximum absolute atomic E-state index is 12.4. The van der Waals surface area contributed by atoms with Crippen LogP contribution < -0.4 is 11.2 Å². The van der Waals surface area contributed by atoms with Crippen LogP contribution in [0.5, 0.6) is 0 Å². The van der Waals surface area contributed by atoms with Crippen LogP contribution in [0.15, 0.2) is 11.2 Å². The van der Waals surface area contributed by atoms with Crippen LogP contribution in [0.25, 0.3) is 5.95 Å². The van der Waals surface area contributed by atoms with Crippen molar-refractivity contribution in [3.05, 3.63) is 17.5 Å². The molecule has 4 rings (SSSR count). The van der Waals surface area contributed by atoms with Crippen molar-refractivity contribution < 1.29 is 4.79 Å². The zero-order chi connectivity index (χ0) is 19.1. The molecule has 2 bridgehead atoms. The lowest BCUT2D eigenvalue weighted by Crippen LogP contribution is -2.41. The van der Waals surface area contributed by atoms with E-state index in [0.717, 1.165) is 23.2 Å². The van der Waals surface area contributed by atoms with Gasteiger partial charge in [0.1, 0.15) is 0 Å². The third-order valence-electron chi connectivity index (χ3n) is 6.00. The van der Waals surface area contributed by atoms with E-state index in [4.69, 9.17) is 5.84 Å². The van der Waals surface area contributed by atoms with E-state index in [1.807, 2.05) is 19.9 Å². The lowest BCUT2D eigenvalue weighted by atomic mass is 9.84. The van der Waals surface area contributed by atoms with Gasteiger partial charge < -0.3 is 11.2 Å². The summed E-state index contributed by atoms with van der Waals surface area (Å²) in [4.78, 5) is 12.4. The number of thioether (sulfide) groups is 1. The number of nitrogens with zero attached hydrogens (tertiary/aromatic N) is 5. The highest BCUT2D eigenvalue weighted by Gasteiger charge is 2.42. The molecule has 0 radical (unpaired) electrons. The molecule has 2 aliphatic rings. The number of carbonyl (C=O) groups excluding carboxylic acids is 1. The first-order valence-corrected chi connectivity index (χ1v) is 10.6. The number of amides is 1. The Morgan fingerprint density at radius 2 is 2.19 bits per heavy atom. The molecule has 2 heterocycles. The van der Waals surface area contributed by atoms with Crippen LogP contribution in [0.4, 0.5) is 0 Å². The molecule has 8 nitrogen and oxygen atoms in total. The van der Waals surface area contributed by atoms with Gasteiger partial charge in [-0.1, -0.05) is 18.2 Å².